The Balaban J connectivity index is 1.22. The van der Waals surface area contributed by atoms with Gasteiger partial charge in [0.15, 0.2) is 11.9 Å². The van der Waals surface area contributed by atoms with Crippen molar-refractivity contribution in [3.8, 4) is 0 Å². The Morgan fingerprint density at radius 3 is 2.64 bits per heavy atom. The second kappa shape index (κ2) is 9.05. The molecule has 5 heterocycles. The SMILES string of the molecule is C[C@H]1[C@H](OC(=O)CCC(=O)NN2CCOCC2)O[C@@H]2O[C@@]3(C)CC[C@H]4[C@H](C)CC[C@@H]1[C@@]24OO3. The van der Waals surface area contributed by atoms with E-state index >= 15 is 0 Å². The molecule has 6 fully saturated rings. The van der Waals surface area contributed by atoms with Crippen LogP contribution >= 0.6 is 0 Å². The van der Waals surface area contributed by atoms with Crippen LogP contribution < -0.4 is 5.43 Å². The quantitative estimate of drug-likeness (QED) is 0.478. The summed E-state index contributed by atoms with van der Waals surface area (Å²) >= 11 is 0. The van der Waals surface area contributed by atoms with Crippen molar-refractivity contribution >= 4 is 11.9 Å². The van der Waals surface area contributed by atoms with Gasteiger partial charge in [-0.1, -0.05) is 13.8 Å². The molecule has 1 spiro atoms. The minimum Gasteiger partial charge on any atom is -0.435 e. The van der Waals surface area contributed by atoms with E-state index in [2.05, 4.69) is 12.3 Å². The maximum Gasteiger partial charge on any atom is 0.308 e. The highest BCUT2D eigenvalue weighted by atomic mass is 17.3. The molecule has 186 valence electrons. The number of hydrogen-bond donors (Lipinski definition) is 1. The number of ether oxygens (including phenoxy) is 4. The van der Waals surface area contributed by atoms with E-state index in [0.717, 1.165) is 25.7 Å². The molecule has 6 rings (SSSR count). The molecule has 1 amide bonds. The van der Waals surface area contributed by atoms with Crippen LogP contribution in [0.1, 0.15) is 59.3 Å². The fourth-order valence-electron chi connectivity index (χ4n) is 6.32. The average molecular weight is 469 g/mol. The highest BCUT2D eigenvalue weighted by molar-refractivity contribution is 5.80. The summed E-state index contributed by atoms with van der Waals surface area (Å²) in [6, 6.07) is 0. The molecule has 10 nitrogen and oxygen atoms in total. The normalized spacial score (nSPS) is 45.1. The molecule has 5 saturated heterocycles. The van der Waals surface area contributed by atoms with Gasteiger partial charge < -0.3 is 18.9 Å². The van der Waals surface area contributed by atoms with Crippen molar-refractivity contribution in [3.63, 3.8) is 0 Å². The summed E-state index contributed by atoms with van der Waals surface area (Å²) in [6.07, 6.45) is 2.32. The van der Waals surface area contributed by atoms with E-state index in [4.69, 9.17) is 28.7 Å². The first-order chi connectivity index (χ1) is 15.8. The second-order valence-electron chi connectivity index (χ2n) is 10.4. The maximum absolute atomic E-state index is 12.6. The number of hydrogen-bond acceptors (Lipinski definition) is 9. The van der Waals surface area contributed by atoms with Gasteiger partial charge in [-0.15, -0.1) is 0 Å². The van der Waals surface area contributed by atoms with E-state index in [1.54, 1.807) is 0 Å². The number of morpholine rings is 1. The van der Waals surface area contributed by atoms with Crippen molar-refractivity contribution < 1.29 is 38.3 Å². The van der Waals surface area contributed by atoms with E-state index in [1.807, 2.05) is 18.9 Å². The van der Waals surface area contributed by atoms with Crippen molar-refractivity contribution in [1.82, 2.24) is 10.4 Å². The lowest BCUT2D eigenvalue weighted by atomic mass is 9.58. The van der Waals surface area contributed by atoms with Gasteiger partial charge in [0.05, 0.1) is 19.6 Å². The molecule has 1 N–H and O–H groups in total. The van der Waals surface area contributed by atoms with Crippen molar-refractivity contribution in [2.75, 3.05) is 26.3 Å². The molecule has 0 radical (unpaired) electrons. The number of nitrogens with zero attached hydrogens (tertiary/aromatic N) is 1. The Kier molecular flexibility index (Phi) is 6.43. The summed E-state index contributed by atoms with van der Waals surface area (Å²) in [7, 11) is 0. The summed E-state index contributed by atoms with van der Waals surface area (Å²) in [4.78, 5) is 36.7. The molecule has 10 heteroatoms. The fraction of sp³-hybridized carbons (Fsp3) is 0.913. The zero-order valence-electron chi connectivity index (χ0n) is 19.7. The van der Waals surface area contributed by atoms with E-state index in [-0.39, 0.29) is 36.5 Å². The van der Waals surface area contributed by atoms with Gasteiger partial charge in [0.2, 0.25) is 18.0 Å². The van der Waals surface area contributed by atoms with Crippen LogP contribution in [0.4, 0.5) is 0 Å². The number of carbonyl (C=O) groups is 2. The van der Waals surface area contributed by atoms with E-state index in [9.17, 15) is 9.59 Å². The Morgan fingerprint density at radius 1 is 1.06 bits per heavy atom. The van der Waals surface area contributed by atoms with Crippen LogP contribution in [-0.4, -0.2) is 67.2 Å². The average Bonchev–Trinajstić information content (AvgIpc) is 3.02. The van der Waals surface area contributed by atoms with Crippen molar-refractivity contribution in [3.05, 3.63) is 0 Å². The highest BCUT2D eigenvalue weighted by Gasteiger charge is 2.69. The molecule has 8 atom stereocenters. The number of hydrazine groups is 1. The van der Waals surface area contributed by atoms with Gasteiger partial charge in [-0.25, -0.2) is 14.8 Å². The molecule has 1 saturated carbocycles. The zero-order chi connectivity index (χ0) is 23.2. The van der Waals surface area contributed by atoms with E-state index < -0.39 is 29.9 Å². The van der Waals surface area contributed by atoms with E-state index in [1.165, 1.54) is 0 Å². The first kappa shape index (κ1) is 23.4. The van der Waals surface area contributed by atoms with Crippen LogP contribution in [0.2, 0.25) is 0 Å². The lowest BCUT2D eigenvalue weighted by molar-refractivity contribution is -0.576. The van der Waals surface area contributed by atoms with Crippen LogP contribution in [0.5, 0.6) is 0 Å². The van der Waals surface area contributed by atoms with Gasteiger partial charge in [0.1, 0.15) is 0 Å². The lowest BCUT2D eigenvalue weighted by Crippen LogP contribution is -2.70. The topological polar surface area (TPSA) is 105 Å². The first-order valence-corrected chi connectivity index (χ1v) is 12.3. The Hall–Kier alpha value is -1.30. The molecule has 1 aliphatic carbocycles. The van der Waals surface area contributed by atoms with Gasteiger partial charge in [0, 0.05) is 37.8 Å². The predicted molar refractivity (Wildman–Crippen MR) is 113 cm³/mol. The van der Waals surface area contributed by atoms with Crippen molar-refractivity contribution in [2.24, 2.45) is 23.7 Å². The summed E-state index contributed by atoms with van der Waals surface area (Å²) in [5.74, 6) is -0.811. The van der Waals surface area contributed by atoms with Gasteiger partial charge in [0.25, 0.3) is 0 Å². The third-order valence-corrected chi connectivity index (χ3v) is 8.19. The third kappa shape index (κ3) is 4.30. The number of esters is 1. The number of fused-ring (bicyclic) bond motifs is 2. The number of amides is 1. The largest absolute Gasteiger partial charge is 0.435 e. The zero-order valence-corrected chi connectivity index (χ0v) is 19.7. The van der Waals surface area contributed by atoms with Crippen molar-refractivity contribution in [2.45, 2.75) is 83.3 Å². The standard InChI is InChI=1S/C23H36N2O8/c1-14-4-5-17-15(2)20(29-19(27)7-6-18(26)24-25-10-12-28-13-11-25)30-21-23(17)16(14)8-9-22(3,31-21)32-33-23/h14-17,20-21H,4-13H2,1-3H3,(H,24,26)/t14-,15-,16+,17+,20-,21-,22-,23-/m1/s1. The predicted octanol–water partition coefficient (Wildman–Crippen LogP) is 1.88. The number of rotatable bonds is 5. The smallest absolute Gasteiger partial charge is 0.308 e. The lowest BCUT2D eigenvalue weighted by Gasteiger charge is -2.59. The Bertz CT molecular complexity index is 761. The summed E-state index contributed by atoms with van der Waals surface area (Å²) in [5, 5.41) is 1.81. The van der Waals surface area contributed by atoms with Gasteiger partial charge in [-0.2, -0.15) is 0 Å². The molecule has 0 aromatic rings. The fourth-order valence-corrected chi connectivity index (χ4v) is 6.32. The van der Waals surface area contributed by atoms with Crippen molar-refractivity contribution in [1.29, 1.82) is 0 Å². The van der Waals surface area contributed by atoms with Crippen LogP contribution in [0.15, 0.2) is 0 Å². The monoisotopic (exact) mass is 468 g/mol. The molecular weight excluding hydrogens is 432 g/mol. The van der Waals surface area contributed by atoms with Gasteiger partial charge >= 0.3 is 5.97 Å². The van der Waals surface area contributed by atoms with Gasteiger partial charge in [-0.05, 0) is 38.0 Å². The first-order valence-electron chi connectivity index (χ1n) is 12.3. The number of nitrogens with one attached hydrogen (secondary N) is 1. The van der Waals surface area contributed by atoms with Crippen LogP contribution in [0.25, 0.3) is 0 Å². The van der Waals surface area contributed by atoms with Crippen LogP contribution in [0.3, 0.4) is 0 Å². The molecule has 2 bridgehead atoms. The Labute approximate surface area is 194 Å². The third-order valence-electron chi connectivity index (χ3n) is 8.19. The Morgan fingerprint density at radius 2 is 1.85 bits per heavy atom. The molecule has 5 aliphatic heterocycles. The second-order valence-corrected chi connectivity index (χ2v) is 10.4. The highest BCUT2D eigenvalue weighted by Crippen LogP contribution is 2.60. The molecule has 0 unspecified atom stereocenters. The molecule has 6 aliphatic rings. The molecule has 33 heavy (non-hydrogen) atoms. The maximum atomic E-state index is 12.6. The number of carbonyl (C=O) groups excluding carboxylic acids is 2. The summed E-state index contributed by atoms with van der Waals surface area (Å²) < 4.78 is 23.6. The minimum absolute atomic E-state index is 0.0128. The summed E-state index contributed by atoms with van der Waals surface area (Å²) in [5.41, 5.74) is 2.12. The minimum atomic E-state index is -0.871. The van der Waals surface area contributed by atoms with E-state index in [0.29, 0.717) is 32.2 Å². The van der Waals surface area contributed by atoms with Gasteiger partial charge in [-0.3, -0.25) is 15.0 Å². The summed E-state index contributed by atoms with van der Waals surface area (Å²) in [6.45, 7) is 8.60. The molecule has 0 aromatic carbocycles. The van der Waals surface area contributed by atoms with Crippen LogP contribution in [-0.2, 0) is 38.3 Å². The molecular formula is C23H36N2O8. The van der Waals surface area contributed by atoms with Crippen LogP contribution in [0, 0.1) is 23.7 Å². The molecule has 0 aromatic heterocycles.